The van der Waals surface area contributed by atoms with Crippen molar-refractivity contribution in [2.24, 2.45) is 0 Å². The first-order valence-corrected chi connectivity index (χ1v) is 8.67. The topological polar surface area (TPSA) is 32.3 Å². The molecular weight excluding hydrogens is 280 g/mol. The Morgan fingerprint density at radius 3 is 2.71 bits per heavy atom. The molecule has 1 aliphatic rings. The lowest BCUT2D eigenvalue weighted by Crippen LogP contribution is -2.44. The monoisotopic (exact) mass is 304 g/mol. The zero-order valence-corrected chi connectivity index (χ0v) is 13.3. The molecule has 21 heavy (non-hydrogen) atoms. The first-order chi connectivity index (χ1) is 10.3. The molecule has 1 saturated heterocycles. The molecule has 1 amide bonds. The van der Waals surface area contributed by atoms with Gasteiger partial charge in [0.15, 0.2) is 0 Å². The van der Waals surface area contributed by atoms with E-state index in [2.05, 4.69) is 47.1 Å². The molecule has 0 aliphatic carbocycles. The van der Waals surface area contributed by atoms with Crippen LogP contribution in [0.5, 0.6) is 0 Å². The third-order valence-corrected chi connectivity index (χ3v) is 4.61. The third kappa shape index (κ3) is 5.94. The highest BCUT2D eigenvalue weighted by Gasteiger charge is 2.20. The first kappa shape index (κ1) is 16.1. The summed E-state index contributed by atoms with van der Waals surface area (Å²) in [4.78, 5) is 14.2. The SMILES string of the molecule is C=CCSCC(=O)NC1CCN(Cc2ccccc2)CC1. The minimum Gasteiger partial charge on any atom is -0.353 e. The summed E-state index contributed by atoms with van der Waals surface area (Å²) >= 11 is 1.61. The lowest BCUT2D eigenvalue weighted by atomic mass is 10.0. The van der Waals surface area contributed by atoms with Crippen LogP contribution in [0.3, 0.4) is 0 Å². The number of likely N-dealkylation sites (tertiary alicyclic amines) is 1. The molecular formula is C17H24N2OS. The zero-order valence-electron chi connectivity index (χ0n) is 12.5. The maximum absolute atomic E-state index is 11.8. The maximum atomic E-state index is 11.8. The summed E-state index contributed by atoms with van der Waals surface area (Å²) in [6.07, 6.45) is 3.93. The van der Waals surface area contributed by atoms with Gasteiger partial charge >= 0.3 is 0 Å². The van der Waals surface area contributed by atoms with E-state index in [9.17, 15) is 4.79 Å². The van der Waals surface area contributed by atoms with Crippen LogP contribution in [0.4, 0.5) is 0 Å². The van der Waals surface area contributed by atoms with Crippen molar-refractivity contribution in [3.8, 4) is 0 Å². The van der Waals surface area contributed by atoms with Crippen LogP contribution in [-0.2, 0) is 11.3 Å². The summed E-state index contributed by atoms with van der Waals surface area (Å²) in [5.74, 6) is 1.53. The van der Waals surface area contributed by atoms with Gasteiger partial charge in [0.1, 0.15) is 0 Å². The number of carbonyl (C=O) groups is 1. The van der Waals surface area contributed by atoms with Crippen LogP contribution in [0.15, 0.2) is 43.0 Å². The van der Waals surface area contributed by atoms with Crippen molar-refractivity contribution in [2.45, 2.75) is 25.4 Å². The average Bonchev–Trinajstić information content (AvgIpc) is 2.51. The molecule has 1 aliphatic heterocycles. The van der Waals surface area contributed by atoms with E-state index in [1.54, 1.807) is 11.8 Å². The molecule has 0 atom stereocenters. The summed E-state index contributed by atoms with van der Waals surface area (Å²) in [5, 5.41) is 3.14. The van der Waals surface area contributed by atoms with Crippen molar-refractivity contribution in [1.82, 2.24) is 10.2 Å². The highest BCUT2D eigenvalue weighted by Crippen LogP contribution is 2.14. The van der Waals surface area contributed by atoms with Gasteiger partial charge in [-0.3, -0.25) is 9.69 Å². The highest BCUT2D eigenvalue weighted by molar-refractivity contribution is 8.00. The molecule has 0 bridgehead atoms. The van der Waals surface area contributed by atoms with E-state index in [4.69, 9.17) is 0 Å². The predicted octanol–water partition coefficient (Wildman–Crippen LogP) is 2.69. The van der Waals surface area contributed by atoms with Crippen LogP contribution < -0.4 is 5.32 Å². The second kappa shape index (κ2) is 8.90. The quantitative estimate of drug-likeness (QED) is 0.621. The number of hydrogen-bond donors (Lipinski definition) is 1. The van der Waals surface area contributed by atoms with Crippen LogP contribution in [0.25, 0.3) is 0 Å². The van der Waals surface area contributed by atoms with E-state index < -0.39 is 0 Å². The first-order valence-electron chi connectivity index (χ1n) is 7.52. The van der Waals surface area contributed by atoms with Gasteiger partial charge in [-0.15, -0.1) is 18.3 Å². The fourth-order valence-corrected chi connectivity index (χ4v) is 3.13. The van der Waals surface area contributed by atoms with Gasteiger partial charge in [0.2, 0.25) is 5.91 Å². The van der Waals surface area contributed by atoms with Crippen molar-refractivity contribution < 1.29 is 4.79 Å². The molecule has 1 heterocycles. The van der Waals surface area contributed by atoms with Crippen LogP contribution in [0.2, 0.25) is 0 Å². The van der Waals surface area contributed by atoms with E-state index in [0.717, 1.165) is 38.2 Å². The standard InChI is InChI=1S/C17H24N2OS/c1-2-12-21-14-17(20)18-16-8-10-19(11-9-16)13-15-6-4-3-5-7-15/h2-7,16H,1,8-14H2,(H,18,20). The van der Waals surface area contributed by atoms with Gasteiger partial charge in [0.25, 0.3) is 0 Å². The fraction of sp³-hybridized carbons (Fsp3) is 0.471. The van der Waals surface area contributed by atoms with E-state index in [-0.39, 0.29) is 5.91 Å². The van der Waals surface area contributed by atoms with Crippen LogP contribution in [-0.4, -0.2) is 41.4 Å². The van der Waals surface area contributed by atoms with E-state index in [1.165, 1.54) is 5.56 Å². The molecule has 1 N–H and O–H groups in total. The number of hydrogen-bond acceptors (Lipinski definition) is 3. The molecule has 4 heteroatoms. The van der Waals surface area contributed by atoms with Crippen molar-refractivity contribution >= 4 is 17.7 Å². The van der Waals surface area contributed by atoms with Crippen LogP contribution in [0.1, 0.15) is 18.4 Å². The smallest absolute Gasteiger partial charge is 0.230 e. The van der Waals surface area contributed by atoms with Gasteiger partial charge in [-0.1, -0.05) is 36.4 Å². The molecule has 2 rings (SSSR count). The second-order valence-electron chi connectivity index (χ2n) is 5.41. The lowest BCUT2D eigenvalue weighted by molar-refractivity contribution is -0.119. The Morgan fingerprint density at radius 1 is 1.33 bits per heavy atom. The van der Waals surface area contributed by atoms with Gasteiger partial charge in [-0.25, -0.2) is 0 Å². The Kier molecular flexibility index (Phi) is 6.83. The van der Waals surface area contributed by atoms with Crippen LogP contribution >= 0.6 is 11.8 Å². The number of amides is 1. The fourth-order valence-electron chi connectivity index (χ4n) is 2.58. The van der Waals surface area contributed by atoms with Gasteiger partial charge in [0, 0.05) is 31.4 Å². The van der Waals surface area contributed by atoms with Crippen molar-refractivity contribution in [1.29, 1.82) is 0 Å². The molecule has 1 aromatic carbocycles. The summed E-state index contributed by atoms with van der Waals surface area (Å²) in [7, 11) is 0. The molecule has 1 fully saturated rings. The Hall–Kier alpha value is -1.26. The Morgan fingerprint density at radius 2 is 2.05 bits per heavy atom. The lowest BCUT2D eigenvalue weighted by Gasteiger charge is -2.32. The van der Waals surface area contributed by atoms with Crippen molar-refractivity contribution in [2.75, 3.05) is 24.6 Å². The number of carbonyl (C=O) groups excluding carboxylic acids is 1. The van der Waals surface area contributed by atoms with E-state index in [0.29, 0.717) is 11.8 Å². The van der Waals surface area contributed by atoms with Gasteiger partial charge in [0.05, 0.1) is 5.75 Å². The number of nitrogens with zero attached hydrogens (tertiary/aromatic N) is 1. The molecule has 0 saturated carbocycles. The van der Waals surface area contributed by atoms with Crippen molar-refractivity contribution in [3.63, 3.8) is 0 Å². The molecule has 3 nitrogen and oxygen atoms in total. The third-order valence-electron chi connectivity index (χ3n) is 3.67. The second-order valence-corrected chi connectivity index (χ2v) is 6.44. The minimum absolute atomic E-state index is 0.156. The van der Waals surface area contributed by atoms with Gasteiger partial charge in [-0.2, -0.15) is 0 Å². The normalized spacial score (nSPS) is 16.6. The molecule has 0 radical (unpaired) electrons. The van der Waals surface area contributed by atoms with Gasteiger partial charge < -0.3 is 5.32 Å². The molecule has 0 spiro atoms. The largest absolute Gasteiger partial charge is 0.353 e. The predicted molar refractivity (Wildman–Crippen MR) is 90.4 cm³/mol. The minimum atomic E-state index is 0.156. The summed E-state index contributed by atoms with van der Waals surface area (Å²) in [6, 6.07) is 10.9. The number of piperidine rings is 1. The summed E-state index contributed by atoms with van der Waals surface area (Å²) in [6.45, 7) is 6.78. The average molecular weight is 304 g/mol. The van der Waals surface area contributed by atoms with Crippen LogP contribution in [0, 0.1) is 0 Å². The van der Waals surface area contributed by atoms with E-state index >= 15 is 0 Å². The Labute approximate surface area is 131 Å². The summed E-state index contributed by atoms with van der Waals surface area (Å²) < 4.78 is 0. The van der Waals surface area contributed by atoms with Crippen molar-refractivity contribution in [3.05, 3.63) is 48.6 Å². The number of thioether (sulfide) groups is 1. The maximum Gasteiger partial charge on any atom is 0.230 e. The number of rotatable bonds is 7. The molecule has 0 aromatic heterocycles. The molecule has 0 unspecified atom stereocenters. The Bertz CT molecular complexity index is 441. The zero-order chi connectivity index (χ0) is 14.9. The number of nitrogens with one attached hydrogen (secondary N) is 1. The highest BCUT2D eigenvalue weighted by atomic mass is 32.2. The van der Waals surface area contributed by atoms with E-state index in [1.807, 2.05) is 6.08 Å². The van der Waals surface area contributed by atoms with Gasteiger partial charge in [-0.05, 0) is 18.4 Å². The molecule has 1 aromatic rings. The summed E-state index contributed by atoms with van der Waals surface area (Å²) in [5.41, 5.74) is 1.36. The molecule has 114 valence electrons. The number of benzene rings is 1. The Balaban J connectivity index is 1.66.